The number of hydrogen-bond donors (Lipinski definition) is 2. The Morgan fingerprint density at radius 2 is 1.54 bits per heavy atom. The van der Waals surface area contributed by atoms with E-state index < -0.39 is 29.7 Å². The molecule has 0 aliphatic heterocycles. The molecule has 2 aromatic carbocycles. The van der Waals surface area contributed by atoms with Crippen molar-refractivity contribution in [1.82, 2.24) is 10.2 Å². The standard InChI is InChI=1S/C32H47F2N3O4/c1-5-8-13-40-14-9-10-36-22-30(29(35)19-24-17-27(33)21-28(34)18-24)41-32(39)26-16-23(4)15-25(20-26)31(38)37(11-6-2)12-7-3/h15-18,20-21,29-30,36H,5-14,19,22,35H2,1-4H3/t29-,30+/m0/s1. The second-order valence-corrected chi connectivity index (χ2v) is 10.5. The van der Waals surface area contributed by atoms with Gasteiger partial charge in [0.15, 0.2) is 0 Å². The van der Waals surface area contributed by atoms with Crippen molar-refractivity contribution in [3.05, 3.63) is 70.3 Å². The van der Waals surface area contributed by atoms with Crippen LogP contribution in [0.1, 0.15) is 84.7 Å². The highest BCUT2D eigenvalue weighted by Gasteiger charge is 2.25. The number of hydrogen-bond acceptors (Lipinski definition) is 6. The van der Waals surface area contributed by atoms with Gasteiger partial charge in [-0.1, -0.05) is 27.2 Å². The van der Waals surface area contributed by atoms with Crippen LogP contribution < -0.4 is 11.1 Å². The number of nitrogens with one attached hydrogen (secondary N) is 1. The van der Waals surface area contributed by atoms with E-state index in [1.165, 1.54) is 12.1 Å². The number of unbranched alkanes of at least 4 members (excludes halogenated alkanes) is 1. The van der Waals surface area contributed by atoms with Crippen LogP contribution in [0.25, 0.3) is 0 Å². The fraction of sp³-hybridized carbons (Fsp3) is 0.562. The minimum atomic E-state index is -0.786. The molecular weight excluding hydrogens is 528 g/mol. The Hall–Kier alpha value is -2.88. The van der Waals surface area contributed by atoms with Gasteiger partial charge in [0.1, 0.15) is 17.7 Å². The van der Waals surface area contributed by atoms with Crippen LogP contribution in [0.2, 0.25) is 0 Å². The maximum Gasteiger partial charge on any atom is 0.338 e. The zero-order chi connectivity index (χ0) is 30.2. The average Bonchev–Trinajstić information content (AvgIpc) is 2.92. The Morgan fingerprint density at radius 1 is 0.902 bits per heavy atom. The van der Waals surface area contributed by atoms with Crippen molar-refractivity contribution in [2.24, 2.45) is 5.73 Å². The highest BCUT2D eigenvalue weighted by atomic mass is 19.1. The first kappa shape index (κ1) is 34.3. The Bertz CT molecular complexity index is 1070. The van der Waals surface area contributed by atoms with Gasteiger partial charge in [0.2, 0.25) is 0 Å². The Morgan fingerprint density at radius 3 is 2.17 bits per heavy atom. The van der Waals surface area contributed by atoms with Gasteiger partial charge in [-0.15, -0.1) is 0 Å². The Balaban J connectivity index is 2.16. The number of carbonyl (C=O) groups is 2. The molecule has 0 spiro atoms. The predicted octanol–water partition coefficient (Wildman–Crippen LogP) is 5.43. The molecular formula is C32H47F2N3O4. The van der Waals surface area contributed by atoms with E-state index in [-0.39, 0.29) is 24.4 Å². The molecule has 2 rings (SSSR count). The number of aryl methyl sites for hydroxylation is 1. The molecule has 0 unspecified atom stereocenters. The normalized spacial score (nSPS) is 12.7. The lowest BCUT2D eigenvalue weighted by molar-refractivity contribution is 0.0237. The number of amides is 1. The minimum absolute atomic E-state index is 0.106. The lowest BCUT2D eigenvalue weighted by Gasteiger charge is -2.25. The van der Waals surface area contributed by atoms with Crippen molar-refractivity contribution in [3.8, 4) is 0 Å². The Labute approximate surface area is 243 Å². The zero-order valence-corrected chi connectivity index (χ0v) is 25.0. The number of rotatable bonds is 19. The summed E-state index contributed by atoms with van der Waals surface area (Å²) in [6, 6.07) is 7.51. The smallest absolute Gasteiger partial charge is 0.338 e. The number of benzene rings is 2. The molecule has 0 fully saturated rings. The molecule has 41 heavy (non-hydrogen) atoms. The third kappa shape index (κ3) is 12.3. The highest BCUT2D eigenvalue weighted by Crippen LogP contribution is 2.17. The van der Waals surface area contributed by atoms with Crippen LogP contribution >= 0.6 is 0 Å². The third-order valence-electron chi connectivity index (χ3n) is 6.59. The van der Waals surface area contributed by atoms with E-state index in [1.54, 1.807) is 23.1 Å². The fourth-order valence-electron chi connectivity index (χ4n) is 4.57. The maximum absolute atomic E-state index is 13.8. The first-order valence-corrected chi connectivity index (χ1v) is 14.8. The molecule has 0 saturated carbocycles. The number of carbonyl (C=O) groups excluding carboxylic acids is 2. The average molecular weight is 576 g/mol. The second-order valence-electron chi connectivity index (χ2n) is 10.5. The number of esters is 1. The van der Waals surface area contributed by atoms with Crippen LogP contribution in [-0.2, 0) is 15.9 Å². The molecule has 228 valence electrons. The fourth-order valence-corrected chi connectivity index (χ4v) is 4.57. The molecule has 3 N–H and O–H groups in total. The van der Waals surface area contributed by atoms with E-state index in [2.05, 4.69) is 12.2 Å². The van der Waals surface area contributed by atoms with Gasteiger partial charge in [0.05, 0.1) is 5.56 Å². The summed E-state index contributed by atoms with van der Waals surface area (Å²) in [6.07, 6.45) is 3.84. The van der Waals surface area contributed by atoms with E-state index in [0.717, 1.165) is 50.3 Å². The molecule has 0 bridgehead atoms. The molecule has 0 saturated heterocycles. The van der Waals surface area contributed by atoms with E-state index in [1.807, 2.05) is 20.8 Å². The van der Waals surface area contributed by atoms with Crippen molar-refractivity contribution in [3.63, 3.8) is 0 Å². The number of nitrogens with zero attached hydrogens (tertiary/aromatic N) is 1. The van der Waals surface area contributed by atoms with Crippen molar-refractivity contribution >= 4 is 11.9 Å². The van der Waals surface area contributed by atoms with Crippen molar-refractivity contribution in [1.29, 1.82) is 0 Å². The van der Waals surface area contributed by atoms with E-state index in [4.69, 9.17) is 15.2 Å². The van der Waals surface area contributed by atoms with Crippen LogP contribution in [0.5, 0.6) is 0 Å². The monoisotopic (exact) mass is 575 g/mol. The van der Waals surface area contributed by atoms with E-state index in [0.29, 0.717) is 37.4 Å². The van der Waals surface area contributed by atoms with Gasteiger partial charge in [0, 0.05) is 50.5 Å². The van der Waals surface area contributed by atoms with Crippen LogP contribution in [-0.4, -0.2) is 68.3 Å². The molecule has 0 radical (unpaired) electrons. The molecule has 0 aliphatic carbocycles. The lowest BCUT2D eigenvalue weighted by atomic mass is 10.0. The summed E-state index contributed by atoms with van der Waals surface area (Å²) in [5, 5.41) is 3.26. The summed E-state index contributed by atoms with van der Waals surface area (Å²) >= 11 is 0. The van der Waals surface area contributed by atoms with Crippen LogP contribution in [0, 0.1) is 18.6 Å². The van der Waals surface area contributed by atoms with Gasteiger partial charge in [-0.3, -0.25) is 4.79 Å². The SMILES string of the molecule is CCCCOCCCNC[C@@H](OC(=O)c1cc(C)cc(C(=O)N(CCC)CCC)c1)[C@@H](N)Cc1cc(F)cc(F)c1. The van der Waals surface area contributed by atoms with Gasteiger partial charge in [-0.25, -0.2) is 13.6 Å². The van der Waals surface area contributed by atoms with Crippen molar-refractivity contribution in [2.45, 2.75) is 78.4 Å². The second kappa shape index (κ2) is 18.5. The van der Waals surface area contributed by atoms with E-state index in [9.17, 15) is 18.4 Å². The Kier molecular flexibility index (Phi) is 15.5. The number of halogens is 2. The maximum atomic E-state index is 13.8. The molecule has 2 aromatic rings. The lowest BCUT2D eigenvalue weighted by Crippen LogP contribution is -2.46. The molecule has 0 aliphatic rings. The van der Waals surface area contributed by atoms with Gasteiger partial charge in [-0.05, 0) is 87.0 Å². The van der Waals surface area contributed by atoms with Gasteiger partial charge in [0.25, 0.3) is 5.91 Å². The molecule has 0 aromatic heterocycles. The van der Waals surface area contributed by atoms with Crippen LogP contribution in [0.15, 0.2) is 36.4 Å². The minimum Gasteiger partial charge on any atom is -0.456 e. The highest BCUT2D eigenvalue weighted by molar-refractivity contribution is 5.98. The molecule has 1 amide bonds. The van der Waals surface area contributed by atoms with Gasteiger partial charge >= 0.3 is 5.97 Å². The summed E-state index contributed by atoms with van der Waals surface area (Å²) in [7, 11) is 0. The van der Waals surface area contributed by atoms with Gasteiger partial charge in [-0.2, -0.15) is 0 Å². The van der Waals surface area contributed by atoms with Crippen LogP contribution in [0.4, 0.5) is 8.78 Å². The summed E-state index contributed by atoms with van der Waals surface area (Å²) in [5.74, 6) is -2.13. The molecule has 7 nitrogen and oxygen atoms in total. The third-order valence-corrected chi connectivity index (χ3v) is 6.59. The predicted molar refractivity (Wildman–Crippen MR) is 158 cm³/mol. The molecule has 0 heterocycles. The molecule has 2 atom stereocenters. The summed E-state index contributed by atoms with van der Waals surface area (Å²) < 4.78 is 39.0. The van der Waals surface area contributed by atoms with Crippen molar-refractivity contribution in [2.75, 3.05) is 39.4 Å². The number of ether oxygens (including phenoxy) is 2. The van der Waals surface area contributed by atoms with Crippen molar-refractivity contribution < 1.29 is 27.8 Å². The first-order valence-electron chi connectivity index (χ1n) is 14.8. The quantitative estimate of drug-likeness (QED) is 0.172. The summed E-state index contributed by atoms with van der Waals surface area (Å²) in [5.41, 5.74) is 8.24. The molecule has 9 heteroatoms. The zero-order valence-electron chi connectivity index (χ0n) is 25.0. The topological polar surface area (TPSA) is 93.9 Å². The van der Waals surface area contributed by atoms with Gasteiger partial charge < -0.3 is 25.4 Å². The first-order chi connectivity index (χ1) is 19.7. The van der Waals surface area contributed by atoms with Crippen LogP contribution in [0.3, 0.4) is 0 Å². The summed E-state index contributed by atoms with van der Waals surface area (Å²) in [6.45, 7) is 11.4. The number of nitrogens with two attached hydrogens (primary N) is 1. The summed E-state index contributed by atoms with van der Waals surface area (Å²) in [4.78, 5) is 28.3. The van der Waals surface area contributed by atoms with E-state index >= 15 is 0 Å². The largest absolute Gasteiger partial charge is 0.456 e.